The van der Waals surface area contributed by atoms with Crippen molar-refractivity contribution >= 4 is 5.78 Å². The SMILES string of the molecule is CC1(C)CC2(CC(=O)CCO2)C(C)(C)O1. The molecule has 0 bridgehead atoms. The lowest BCUT2D eigenvalue weighted by molar-refractivity contribution is -0.174. The zero-order chi connectivity index (χ0) is 11.3. The normalized spacial score (nSPS) is 38.5. The summed E-state index contributed by atoms with van der Waals surface area (Å²) < 4.78 is 11.9. The first-order valence-corrected chi connectivity index (χ1v) is 5.62. The zero-order valence-electron chi connectivity index (χ0n) is 10.1. The molecule has 1 unspecified atom stereocenters. The largest absolute Gasteiger partial charge is 0.371 e. The van der Waals surface area contributed by atoms with Gasteiger partial charge >= 0.3 is 0 Å². The van der Waals surface area contributed by atoms with E-state index in [1.54, 1.807) is 0 Å². The van der Waals surface area contributed by atoms with Gasteiger partial charge in [0.15, 0.2) is 0 Å². The first-order valence-electron chi connectivity index (χ1n) is 5.62. The second-order valence-electron chi connectivity index (χ2n) is 5.86. The molecular weight excluding hydrogens is 192 g/mol. The number of Topliss-reactive ketones (excluding diaryl/α,β-unsaturated/α-hetero) is 1. The van der Waals surface area contributed by atoms with Gasteiger partial charge in [-0.15, -0.1) is 0 Å². The van der Waals surface area contributed by atoms with Crippen molar-refractivity contribution < 1.29 is 14.3 Å². The fourth-order valence-corrected chi connectivity index (χ4v) is 3.04. The Bertz CT molecular complexity index is 293. The monoisotopic (exact) mass is 212 g/mol. The molecule has 0 aromatic rings. The standard InChI is InChI=1S/C12H20O3/c1-10(2)8-12(11(3,4)15-10)7-9(13)5-6-14-12/h5-8H2,1-4H3. The average Bonchev–Trinajstić information content (AvgIpc) is 2.15. The van der Waals surface area contributed by atoms with Gasteiger partial charge in [-0.05, 0) is 27.7 Å². The van der Waals surface area contributed by atoms with Crippen molar-refractivity contribution in [2.24, 2.45) is 0 Å². The van der Waals surface area contributed by atoms with Crippen LogP contribution >= 0.6 is 0 Å². The van der Waals surface area contributed by atoms with Crippen molar-refractivity contribution in [1.29, 1.82) is 0 Å². The minimum Gasteiger partial charge on any atom is -0.371 e. The van der Waals surface area contributed by atoms with E-state index in [9.17, 15) is 4.79 Å². The summed E-state index contributed by atoms with van der Waals surface area (Å²) in [6.45, 7) is 8.72. The molecule has 2 aliphatic heterocycles. The maximum Gasteiger partial charge on any atom is 0.138 e. The summed E-state index contributed by atoms with van der Waals surface area (Å²) in [4.78, 5) is 11.6. The van der Waals surface area contributed by atoms with Crippen molar-refractivity contribution in [3.63, 3.8) is 0 Å². The van der Waals surface area contributed by atoms with E-state index in [1.165, 1.54) is 0 Å². The summed E-state index contributed by atoms with van der Waals surface area (Å²) in [5, 5.41) is 0. The predicted octanol–water partition coefficient (Wildman–Crippen LogP) is 2.08. The highest BCUT2D eigenvalue weighted by Gasteiger charge is 2.59. The van der Waals surface area contributed by atoms with Crippen LogP contribution in [0.1, 0.15) is 47.0 Å². The van der Waals surface area contributed by atoms with Crippen LogP contribution in [0.15, 0.2) is 0 Å². The average molecular weight is 212 g/mol. The molecule has 0 saturated carbocycles. The van der Waals surface area contributed by atoms with Crippen LogP contribution in [0, 0.1) is 0 Å². The lowest BCUT2D eigenvalue weighted by Gasteiger charge is -2.41. The molecule has 86 valence electrons. The molecule has 2 saturated heterocycles. The predicted molar refractivity (Wildman–Crippen MR) is 56.8 cm³/mol. The molecule has 1 spiro atoms. The van der Waals surface area contributed by atoms with E-state index in [4.69, 9.17) is 9.47 Å². The minimum absolute atomic E-state index is 0.193. The van der Waals surface area contributed by atoms with Crippen molar-refractivity contribution in [2.75, 3.05) is 6.61 Å². The van der Waals surface area contributed by atoms with Crippen LogP contribution < -0.4 is 0 Å². The molecule has 2 fully saturated rings. The third kappa shape index (κ3) is 1.72. The molecule has 2 aliphatic rings. The highest BCUT2D eigenvalue weighted by molar-refractivity contribution is 5.80. The van der Waals surface area contributed by atoms with Crippen LogP contribution in [0.4, 0.5) is 0 Å². The van der Waals surface area contributed by atoms with E-state index < -0.39 is 5.60 Å². The Morgan fingerprint density at radius 2 is 1.87 bits per heavy atom. The third-order valence-electron chi connectivity index (χ3n) is 3.58. The lowest BCUT2D eigenvalue weighted by atomic mass is 9.77. The first kappa shape index (κ1) is 11.1. The van der Waals surface area contributed by atoms with Crippen molar-refractivity contribution in [3.05, 3.63) is 0 Å². The number of carbonyl (C=O) groups excluding carboxylic acids is 1. The molecule has 3 heteroatoms. The van der Waals surface area contributed by atoms with Crippen LogP contribution in [-0.2, 0) is 14.3 Å². The van der Waals surface area contributed by atoms with E-state index in [0.717, 1.165) is 6.42 Å². The van der Waals surface area contributed by atoms with Crippen LogP contribution in [0.25, 0.3) is 0 Å². The van der Waals surface area contributed by atoms with E-state index in [1.807, 2.05) is 13.8 Å². The third-order valence-corrected chi connectivity index (χ3v) is 3.58. The Kier molecular flexibility index (Phi) is 2.25. The summed E-state index contributed by atoms with van der Waals surface area (Å²) >= 11 is 0. The van der Waals surface area contributed by atoms with Crippen molar-refractivity contribution in [1.82, 2.24) is 0 Å². The van der Waals surface area contributed by atoms with E-state index in [-0.39, 0.29) is 11.2 Å². The second kappa shape index (κ2) is 3.05. The first-order chi connectivity index (χ1) is 6.77. The molecule has 3 nitrogen and oxygen atoms in total. The van der Waals surface area contributed by atoms with Gasteiger partial charge in [-0.3, -0.25) is 4.79 Å². The van der Waals surface area contributed by atoms with Crippen molar-refractivity contribution in [2.45, 2.75) is 63.8 Å². The number of ether oxygens (including phenoxy) is 2. The van der Waals surface area contributed by atoms with Gasteiger partial charge in [-0.2, -0.15) is 0 Å². The van der Waals surface area contributed by atoms with Gasteiger partial charge in [-0.25, -0.2) is 0 Å². The smallest absolute Gasteiger partial charge is 0.138 e. The Labute approximate surface area is 91.1 Å². The van der Waals surface area contributed by atoms with Gasteiger partial charge < -0.3 is 9.47 Å². The molecule has 0 aromatic carbocycles. The highest BCUT2D eigenvalue weighted by atomic mass is 16.6. The summed E-state index contributed by atoms with van der Waals surface area (Å²) in [6, 6.07) is 0. The summed E-state index contributed by atoms with van der Waals surface area (Å²) in [5.74, 6) is 0.302. The second-order valence-corrected chi connectivity index (χ2v) is 5.86. The maximum atomic E-state index is 11.6. The molecule has 1 atom stereocenters. The molecule has 15 heavy (non-hydrogen) atoms. The topological polar surface area (TPSA) is 35.5 Å². The highest BCUT2D eigenvalue weighted by Crippen LogP contribution is 2.50. The summed E-state index contributed by atoms with van der Waals surface area (Å²) in [6.07, 6.45) is 1.86. The molecule has 0 aromatic heterocycles. The number of rotatable bonds is 0. The fraction of sp³-hybridized carbons (Fsp3) is 0.917. The fourth-order valence-electron chi connectivity index (χ4n) is 3.04. The van der Waals surface area contributed by atoms with E-state index >= 15 is 0 Å². The van der Waals surface area contributed by atoms with Gasteiger partial charge in [0, 0.05) is 19.3 Å². The molecule has 0 amide bonds. The van der Waals surface area contributed by atoms with Crippen LogP contribution in [0.5, 0.6) is 0 Å². The molecular formula is C12H20O3. The van der Waals surface area contributed by atoms with Crippen LogP contribution in [-0.4, -0.2) is 29.2 Å². The molecule has 2 rings (SSSR count). The molecule has 2 heterocycles. The van der Waals surface area contributed by atoms with Gasteiger partial charge in [0.25, 0.3) is 0 Å². The quantitative estimate of drug-likeness (QED) is 0.616. The van der Waals surface area contributed by atoms with Crippen molar-refractivity contribution in [3.8, 4) is 0 Å². The molecule has 0 aliphatic carbocycles. The number of hydrogen-bond donors (Lipinski definition) is 0. The Morgan fingerprint density at radius 1 is 1.20 bits per heavy atom. The lowest BCUT2D eigenvalue weighted by Crippen LogP contribution is -2.52. The Hall–Kier alpha value is -0.410. The Balaban J connectivity index is 2.30. The number of hydrogen-bond acceptors (Lipinski definition) is 3. The van der Waals surface area contributed by atoms with Crippen LogP contribution in [0.3, 0.4) is 0 Å². The number of ketones is 1. The van der Waals surface area contributed by atoms with Crippen LogP contribution in [0.2, 0.25) is 0 Å². The Morgan fingerprint density at radius 3 is 2.33 bits per heavy atom. The van der Waals surface area contributed by atoms with E-state index in [2.05, 4.69) is 13.8 Å². The van der Waals surface area contributed by atoms with Gasteiger partial charge in [0.05, 0.1) is 17.8 Å². The minimum atomic E-state index is -0.397. The van der Waals surface area contributed by atoms with E-state index in [0.29, 0.717) is 25.2 Å². The summed E-state index contributed by atoms with van der Waals surface area (Å²) in [7, 11) is 0. The molecule has 0 radical (unpaired) electrons. The number of carbonyl (C=O) groups is 1. The summed E-state index contributed by atoms with van der Waals surface area (Å²) in [5.41, 5.74) is -0.959. The molecule has 0 N–H and O–H groups in total. The van der Waals surface area contributed by atoms with Gasteiger partial charge in [-0.1, -0.05) is 0 Å². The zero-order valence-corrected chi connectivity index (χ0v) is 10.1. The maximum absolute atomic E-state index is 11.6. The van der Waals surface area contributed by atoms with Gasteiger partial charge in [0.1, 0.15) is 11.4 Å². The van der Waals surface area contributed by atoms with Gasteiger partial charge in [0.2, 0.25) is 0 Å².